The molecule has 0 amide bonds. The van der Waals surface area contributed by atoms with Crippen molar-refractivity contribution in [1.82, 2.24) is 4.98 Å². The van der Waals surface area contributed by atoms with Gasteiger partial charge in [-0.2, -0.15) is 0 Å². The molecule has 2 aromatic carbocycles. The molecule has 160 valence electrons. The minimum absolute atomic E-state index is 0.606. The van der Waals surface area contributed by atoms with Gasteiger partial charge in [0.1, 0.15) is 11.4 Å². The Morgan fingerprint density at radius 2 is 1.77 bits per heavy atom. The predicted octanol–water partition coefficient (Wildman–Crippen LogP) is 6.43. The van der Waals surface area contributed by atoms with Crippen LogP contribution in [0.3, 0.4) is 0 Å². The Morgan fingerprint density at radius 1 is 1.00 bits per heavy atom. The molecular formula is C26H28N2O3. The summed E-state index contributed by atoms with van der Waals surface area (Å²) in [5.41, 5.74) is 2.92. The molecule has 1 fully saturated rings. The second kappa shape index (κ2) is 8.14. The van der Waals surface area contributed by atoms with Gasteiger partial charge in [0.2, 0.25) is 0 Å². The van der Waals surface area contributed by atoms with Crippen LogP contribution in [-0.2, 0) is 0 Å². The molecule has 2 aromatic heterocycles. The number of aromatic nitrogens is 1. The minimum atomic E-state index is 0.606. The van der Waals surface area contributed by atoms with Gasteiger partial charge in [-0.15, -0.1) is 0 Å². The summed E-state index contributed by atoms with van der Waals surface area (Å²) in [4.78, 5) is 7.31. The number of fused-ring (bicyclic) bond motifs is 2. The van der Waals surface area contributed by atoms with Crippen molar-refractivity contribution in [2.75, 3.05) is 25.7 Å². The lowest BCUT2D eigenvalue weighted by atomic mass is 9.96. The maximum atomic E-state index is 5.91. The van der Waals surface area contributed by atoms with E-state index in [0.717, 1.165) is 45.2 Å². The molecule has 0 spiro atoms. The standard InChI is InChI=1S/C26H28N2O3/c1-4-28(20-7-5-6-8-20)24-10-9-18(16-27-24)25-21-15-23(30-3)22(29-2)14-19(21)13-17-11-12-31-26(17)25/h9-16,20H,4-8H2,1-3H3. The van der Waals surface area contributed by atoms with Crippen LogP contribution in [0.1, 0.15) is 32.6 Å². The Morgan fingerprint density at radius 3 is 2.45 bits per heavy atom. The van der Waals surface area contributed by atoms with Gasteiger partial charge in [0.15, 0.2) is 11.5 Å². The number of rotatable bonds is 6. The zero-order valence-corrected chi connectivity index (χ0v) is 18.4. The van der Waals surface area contributed by atoms with Gasteiger partial charge in [0, 0.05) is 35.3 Å². The fourth-order valence-corrected chi connectivity index (χ4v) is 4.97. The van der Waals surface area contributed by atoms with E-state index < -0.39 is 0 Å². The average molecular weight is 417 g/mol. The van der Waals surface area contributed by atoms with Crippen molar-refractivity contribution < 1.29 is 13.9 Å². The molecule has 31 heavy (non-hydrogen) atoms. The second-order valence-electron chi connectivity index (χ2n) is 8.15. The van der Waals surface area contributed by atoms with Gasteiger partial charge < -0.3 is 18.8 Å². The van der Waals surface area contributed by atoms with Crippen molar-refractivity contribution in [2.24, 2.45) is 0 Å². The Balaban J connectivity index is 1.65. The van der Waals surface area contributed by atoms with Gasteiger partial charge in [-0.05, 0) is 66.9 Å². The van der Waals surface area contributed by atoms with Crippen molar-refractivity contribution in [3.05, 3.63) is 48.9 Å². The maximum Gasteiger partial charge on any atom is 0.161 e. The fourth-order valence-electron chi connectivity index (χ4n) is 4.97. The fraction of sp³-hybridized carbons (Fsp3) is 0.346. The first-order valence-corrected chi connectivity index (χ1v) is 11.0. The van der Waals surface area contributed by atoms with E-state index in [-0.39, 0.29) is 0 Å². The number of hydrogen-bond donors (Lipinski definition) is 0. The molecule has 0 unspecified atom stereocenters. The summed E-state index contributed by atoms with van der Waals surface area (Å²) >= 11 is 0. The number of methoxy groups -OCH3 is 2. The lowest BCUT2D eigenvalue weighted by molar-refractivity contribution is 0.356. The third-order valence-electron chi connectivity index (χ3n) is 6.50. The number of anilines is 1. The van der Waals surface area contributed by atoms with Gasteiger partial charge in [0.05, 0.1) is 20.5 Å². The van der Waals surface area contributed by atoms with Crippen molar-refractivity contribution in [2.45, 2.75) is 38.6 Å². The summed E-state index contributed by atoms with van der Waals surface area (Å²) in [5.74, 6) is 2.46. The third kappa shape index (κ3) is 3.38. The zero-order chi connectivity index (χ0) is 21.4. The van der Waals surface area contributed by atoms with E-state index in [1.165, 1.54) is 25.7 Å². The summed E-state index contributed by atoms with van der Waals surface area (Å²) < 4.78 is 17.0. The Kier molecular flexibility index (Phi) is 5.18. The van der Waals surface area contributed by atoms with E-state index >= 15 is 0 Å². The molecular weight excluding hydrogens is 388 g/mol. The van der Waals surface area contributed by atoms with E-state index in [9.17, 15) is 0 Å². The predicted molar refractivity (Wildman–Crippen MR) is 125 cm³/mol. The van der Waals surface area contributed by atoms with Crippen LogP contribution in [0.15, 0.2) is 53.3 Å². The molecule has 1 aliphatic rings. The molecule has 5 nitrogen and oxygen atoms in total. The van der Waals surface area contributed by atoms with Crippen LogP contribution in [0.25, 0.3) is 32.9 Å². The highest BCUT2D eigenvalue weighted by atomic mass is 16.5. The van der Waals surface area contributed by atoms with Gasteiger partial charge in [-0.25, -0.2) is 4.98 Å². The van der Waals surface area contributed by atoms with E-state index in [1.54, 1.807) is 20.5 Å². The summed E-state index contributed by atoms with van der Waals surface area (Å²) in [6.45, 7) is 3.19. The lowest BCUT2D eigenvalue weighted by Gasteiger charge is -2.28. The van der Waals surface area contributed by atoms with Crippen LogP contribution in [0.5, 0.6) is 11.5 Å². The topological polar surface area (TPSA) is 47.7 Å². The average Bonchev–Trinajstić information content (AvgIpc) is 3.50. The van der Waals surface area contributed by atoms with Crippen molar-refractivity contribution in [3.8, 4) is 22.6 Å². The molecule has 5 heteroatoms. The van der Waals surface area contributed by atoms with Crippen molar-refractivity contribution in [3.63, 3.8) is 0 Å². The summed E-state index contributed by atoms with van der Waals surface area (Å²) in [6, 6.07) is 13.1. The summed E-state index contributed by atoms with van der Waals surface area (Å²) in [6.07, 6.45) is 8.86. The van der Waals surface area contributed by atoms with E-state index in [4.69, 9.17) is 18.9 Å². The van der Waals surface area contributed by atoms with Crippen LogP contribution >= 0.6 is 0 Å². The van der Waals surface area contributed by atoms with Crippen LogP contribution in [0, 0.1) is 0 Å². The first-order chi connectivity index (χ1) is 15.2. The first kappa shape index (κ1) is 19.7. The van der Waals surface area contributed by atoms with E-state index in [2.05, 4.69) is 30.0 Å². The number of hydrogen-bond acceptors (Lipinski definition) is 5. The van der Waals surface area contributed by atoms with Crippen molar-refractivity contribution >= 4 is 27.6 Å². The highest BCUT2D eigenvalue weighted by Gasteiger charge is 2.23. The monoisotopic (exact) mass is 416 g/mol. The molecule has 0 bridgehead atoms. The van der Waals surface area contributed by atoms with Crippen LogP contribution in [0.2, 0.25) is 0 Å². The molecule has 0 radical (unpaired) electrons. The Bertz CT molecular complexity index is 1210. The van der Waals surface area contributed by atoms with E-state index in [1.807, 2.05) is 24.4 Å². The number of pyridine rings is 1. The van der Waals surface area contributed by atoms with Crippen LogP contribution < -0.4 is 14.4 Å². The van der Waals surface area contributed by atoms with Gasteiger partial charge >= 0.3 is 0 Å². The molecule has 4 aromatic rings. The van der Waals surface area contributed by atoms with Gasteiger partial charge in [-0.1, -0.05) is 12.8 Å². The third-order valence-corrected chi connectivity index (χ3v) is 6.50. The SMILES string of the molecule is CCN(c1ccc(-c2c3cc(OC)c(OC)cc3cc3ccoc23)cn1)C1CCCC1. The summed E-state index contributed by atoms with van der Waals surface area (Å²) in [7, 11) is 3.32. The Labute approximate surface area is 182 Å². The van der Waals surface area contributed by atoms with Crippen LogP contribution in [-0.4, -0.2) is 31.8 Å². The van der Waals surface area contributed by atoms with Crippen molar-refractivity contribution in [1.29, 1.82) is 0 Å². The molecule has 0 atom stereocenters. The highest BCUT2D eigenvalue weighted by Crippen LogP contribution is 2.42. The lowest BCUT2D eigenvalue weighted by Crippen LogP contribution is -2.33. The number of benzene rings is 2. The maximum absolute atomic E-state index is 5.91. The molecule has 1 saturated carbocycles. The van der Waals surface area contributed by atoms with E-state index in [0.29, 0.717) is 17.5 Å². The number of nitrogens with zero attached hydrogens (tertiary/aromatic N) is 2. The largest absolute Gasteiger partial charge is 0.493 e. The smallest absolute Gasteiger partial charge is 0.161 e. The van der Waals surface area contributed by atoms with Gasteiger partial charge in [0.25, 0.3) is 0 Å². The van der Waals surface area contributed by atoms with Gasteiger partial charge in [-0.3, -0.25) is 0 Å². The Hall–Kier alpha value is -3.21. The molecule has 5 rings (SSSR count). The quantitative estimate of drug-likeness (QED) is 0.362. The molecule has 0 N–H and O–H groups in total. The van der Waals surface area contributed by atoms with Crippen LogP contribution in [0.4, 0.5) is 5.82 Å². The number of furan rings is 1. The highest BCUT2D eigenvalue weighted by molar-refractivity contribution is 6.11. The summed E-state index contributed by atoms with van der Waals surface area (Å²) in [5, 5.41) is 3.18. The number of ether oxygens (including phenoxy) is 2. The molecule has 0 saturated heterocycles. The molecule has 0 aliphatic heterocycles. The zero-order valence-electron chi connectivity index (χ0n) is 18.4. The second-order valence-corrected chi connectivity index (χ2v) is 8.15. The minimum Gasteiger partial charge on any atom is -0.493 e. The normalized spacial score (nSPS) is 14.4. The molecule has 1 aliphatic carbocycles. The molecule has 2 heterocycles. The first-order valence-electron chi connectivity index (χ1n) is 11.0.